The maximum atomic E-state index is 11.8. The van der Waals surface area contributed by atoms with Gasteiger partial charge in [-0.1, -0.05) is 26.1 Å². The zero-order valence-corrected chi connectivity index (χ0v) is 10.6. The molecule has 0 radical (unpaired) electrons. The van der Waals surface area contributed by atoms with Gasteiger partial charge in [-0.15, -0.1) is 0 Å². The third kappa shape index (κ3) is 2.96. The highest BCUT2D eigenvalue weighted by molar-refractivity contribution is 7.80. The van der Waals surface area contributed by atoms with Crippen molar-refractivity contribution in [1.29, 1.82) is 0 Å². The van der Waals surface area contributed by atoms with Crippen LogP contribution in [-0.4, -0.2) is 16.9 Å². The Morgan fingerprint density at radius 1 is 1.62 bits per heavy atom. The molecule has 1 amide bonds. The van der Waals surface area contributed by atoms with E-state index in [2.05, 4.69) is 5.32 Å². The van der Waals surface area contributed by atoms with Crippen LogP contribution in [0.25, 0.3) is 0 Å². The summed E-state index contributed by atoms with van der Waals surface area (Å²) < 4.78 is 4.83. The number of hydrogen-bond acceptors (Lipinski definition) is 3. The number of carbonyl (C=O) groups is 1. The van der Waals surface area contributed by atoms with E-state index in [0.29, 0.717) is 0 Å². The van der Waals surface area contributed by atoms with Gasteiger partial charge in [0.15, 0.2) is 0 Å². The summed E-state index contributed by atoms with van der Waals surface area (Å²) in [5.74, 6) is -0.225. The summed E-state index contributed by atoms with van der Waals surface area (Å²) in [5, 5.41) is 2.77. The molecule has 0 spiro atoms. The Morgan fingerprint density at radius 3 is 2.62 bits per heavy atom. The lowest BCUT2D eigenvalue weighted by Crippen LogP contribution is -2.46. The van der Waals surface area contributed by atoms with Crippen LogP contribution in [0, 0.1) is 5.92 Å². The molecule has 0 fully saturated rings. The van der Waals surface area contributed by atoms with E-state index in [1.807, 2.05) is 13.8 Å². The Morgan fingerprint density at radius 2 is 2.25 bits per heavy atom. The quantitative estimate of drug-likeness (QED) is 0.813. The molecule has 0 aliphatic rings. The van der Waals surface area contributed by atoms with Gasteiger partial charge in [-0.2, -0.15) is 0 Å². The average molecular weight is 261 g/mol. The molecule has 6 heteroatoms. The van der Waals surface area contributed by atoms with Gasteiger partial charge >= 0.3 is 0 Å². The third-order valence-corrected chi connectivity index (χ3v) is 2.67. The molecule has 1 aromatic heterocycles. The molecule has 4 nitrogen and oxygen atoms in total. The van der Waals surface area contributed by atoms with Crippen LogP contribution < -0.4 is 11.1 Å². The molecule has 0 saturated heterocycles. The lowest BCUT2D eigenvalue weighted by Gasteiger charge is -2.20. The number of amides is 1. The van der Waals surface area contributed by atoms with E-state index in [4.69, 9.17) is 34.0 Å². The zero-order valence-electron chi connectivity index (χ0n) is 8.99. The van der Waals surface area contributed by atoms with Crippen LogP contribution in [0.1, 0.15) is 24.2 Å². The lowest BCUT2D eigenvalue weighted by molar-refractivity contribution is 0.0939. The second-order valence-corrected chi connectivity index (χ2v) is 4.52. The van der Waals surface area contributed by atoms with Gasteiger partial charge in [0.1, 0.15) is 0 Å². The van der Waals surface area contributed by atoms with Crippen molar-refractivity contribution in [2.24, 2.45) is 11.7 Å². The molecular formula is C10H13ClN2O2S. The fraction of sp³-hybridized carbons (Fsp3) is 0.400. The van der Waals surface area contributed by atoms with Gasteiger partial charge in [-0.25, -0.2) is 0 Å². The van der Waals surface area contributed by atoms with Gasteiger partial charge in [0, 0.05) is 0 Å². The number of halogens is 1. The maximum Gasteiger partial charge on any atom is 0.256 e. The van der Waals surface area contributed by atoms with Gasteiger partial charge < -0.3 is 15.5 Å². The Bertz CT molecular complexity index is 403. The normalized spacial score (nSPS) is 12.5. The first-order chi connectivity index (χ1) is 7.43. The first-order valence-electron chi connectivity index (χ1n) is 4.76. The van der Waals surface area contributed by atoms with Crippen molar-refractivity contribution < 1.29 is 9.21 Å². The first-order valence-corrected chi connectivity index (χ1v) is 5.55. The average Bonchev–Trinajstić information content (AvgIpc) is 2.59. The minimum atomic E-state index is -0.353. The van der Waals surface area contributed by atoms with E-state index >= 15 is 0 Å². The fourth-order valence-electron chi connectivity index (χ4n) is 1.24. The van der Waals surface area contributed by atoms with Gasteiger partial charge in [0.25, 0.3) is 5.91 Å². The number of thiocarbonyl (C=S) groups is 1. The largest absolute Gasteiger partial charge is 0.452 e. The molecule has 1 rings (SSSR count). The molecule has 0 saturated carbocycles. The Hall–Kier alpha value is -1.07. The van der Waals surface area contributed by atoms with E-state index < -0.39 is 0 Å². The smallest absolute Gasteiger partial charge is 0.256 e. The molecule has 0 bridgehead atoms. The predicted molar refractivity (Wildman–Crippen MR) is 66.6 cm³/mol. The van der Waals surface area contributed by atoms with Crippen LogP contribution in [-0.2, 0) is 0 Å². The third-order valence-electron chi connectivity index (χ3n) is 2.12. The van der Waals surface area contributed by atoms with E-state index in [9.17, 15) is 4.79 Å². The van der Waals surface area contributed by atoms with E-state index in [1.54, 1.807) is 0 Å². The summed E-state index contributed by atoms with van der Waals surface area (Å²) in [5.41, 5.74) is 5.82. The molecule has 0 aliphatic heterocycles. The van der Waals surface area contributed by atoms with Crippen molar-refractivity contribution in [1.82, 2.24) is 5.32 Å². The summed E-state index contributed by atoms with van der Waals surface area (Å²) in [6.45, 7) is 3.84. The molecule has 0 aliphatic carbocycles. The SMILES string of the molecule is CC(C)C(NC(=O)c1ccoc1Cl)C(N)=S. The number of rotatable bonds is 4. The van der Waals surface area contributed by atoms with Gasteiger partial charge in [-0.3, -0.25) is 4.79 Å². The summed E-state index contributed by atoms with van der Waals surface area (Å²) in [6, 6.07) is 1.14. The van der Waals surface area contributed by atoms with Crippen LogP contribution in [0.5, 0.6) is 0 Å². The molecule has 1 atom stereocenters. The summed E-state index contributed by atoms with van der Waals surface area (Å²) >= 11 is 10.6. The van der Waals surface area contributed by atoms with Crippen molar-refractivity contribution in [3.05, 3.63) is 23.1 Å². The molecule has 3 N–H and O–H groups in total. The Labute approximate surface area is 104 Å². The molecule has 0 aromatic carbocycles. The molecule has 1 heterocycles. The van der Waals surface area contributed by atoms with Gasteiger partial charge in [-0.05, 0) is 23.6 Å². The van der Waals surface area contributed by atoms with E-state index in [0.717, 1.165) is 0 Å². The monoisotopic (exact) mass is 260 g/mol. The summed E-state index contributed by atoms with van der Waals surface area (Å²) in [7, 11) is 0. The Balaban J connectivity index is 2.77. The van der Waals surface area contributed by atoms with Crippen LogP contribution in [0.3, 0.4) is 0 Å². The number of nitrogens with two attached hydrogens (primary N) is 1. The Kier molecular flexibility index (Phi) is 4.32. The van der Waals surface area contributed by atoms with Crippen LogP contribution in [0.2, 0.25) is 5.22 Å². The molecule has 16 heavy (non-hydrogen) atoms. The zero-order chi connectivity index (χ0) is 12.3. The molecule has 1 aromatic rings. The number of nitrogens with one attached hydrogen (secondary N) is 1. The topological polar surface area (TPSA) is 68.3 Å². The number of hydrogen-bond donors (Lipinski definition) is 2. The second-order valence-electron chi connectivity index (χ2n) is 3.71. The fourth-order valence-corrected chi connectivity index (χ4v) is 1.77. The van der Waals surface area contributed by atoms with E-state index in [1.165, 1.54) is 12.3 Å². The highest BCUT2D eigenvalue weighted by Gasteiger charge is 2.21. The van der Waals surface area contributed by atoms with Crippen LogP contribution >= 0.6 is 23.8 Å². The molecule has 88 valence electrons. The number of carbonyl (C=O) groups excluding carboxylic acids is 1. The summed E-state index contributed by atoms with van der Waals surface area (Å²) in [6.07, 6.45) is 1.35. The molecule has 1 unspecified atom stereocenters. The predicted octanol–water partition coefficient (Wildman–Crippen LogP) is 1.97. The van der Waals surface area contributed by atoms with Crippen molar-refractivity contribution in [2.45, 2.75) is 19.9 Å². The van der Waals surface area contributed by atoms with Gasteiger partial charge in [0.05, 0.1) is 22.9 Å². The standard InChI is InChI=1S/C10H13ClN2O2S/c1-5(2)7(9(12)16)13-10(14)6-3-4-15-8(6)11/h3-5,7H,1-2H3,(H2,12,16)(H,13,14). The summed E-state index contributed by atoms with van der Waals surface area (Å²) in [4.78, 5) is 12.0. The lowest BCUT2D eigenvalue weighted by atomic mass is 10.0. The highest BCUT2D eigenvalue weighted by atomic mass is 35.5. The number of furan rings is 1. The van der Waals surface area contributed by atoms with E-state index in [-0.39, 0.29) is 33.6 Å². The molecular weight excluding hydrogens is 248 g/mol. The maximum absolute atomic E-state index is 11.8. The minimum absolute atomic E-state index is 0.0583. The minimum Gasteiger partial charge on any atom is -0.452 e. The van der Waals surface area contributed by atoms with Crippen LogP contribution in [0.15, 0.2) is 16.7 Å². The van der Waals surface area contributed by atoms with Gasteiger partial charge in [0.2, 0.25) is 5.22 Å². The van der Waals surface area contributed by atoms with Crippen molar-refractivity contribution >= 4 is 34.7 Å². The van der Waals surface area contributed by atoms with Crippen molar-refractivity contribution in [3.8, 4) is 0 Å². The first kappa shape index (κ1) is 13.0. The van der Waals surface area contributed by atoms with Crippen molar-refractivity contribution in [3.63, 3.8) is 0 Å². The highest BCUT2D eigenvalue weighted by Crippen LogP contribution is 2.16. The second kappa shape index (κ2) is 5.32. The van der Waals surface area contributed by atoms with Crippen molar-refractivity contribution in [2.75, 3.05) is 0 Å². The van der Waals surface area contributed by atoms with Crippen LogP contribution in [0.4, 0.5) is 0 Å².